The van der Waals surface area contributed by atoms with Crippen molar-refractivity contribution in [1.29, 1.82) is 5.26 Å². The summed E-state index contributed by atoms with van der Waals surface area (Å²) in [5.74, 6) is -1.36. The summed E-state index contributed by atoms with van der Waals surface area (Å²) in [6.07, 6.45) is -3.03. The van der Waals surface area contributed by atoms with Crippen molar-refractivity contribution in [3.63, 3.8) is 0 Å². The molecule has 0 fully saturated rings. The summed E-state index contributed by atoms with van der Waals surface area (Å²) in [6.45, 7) is -2.21. The number of carbonyl (C=O) groups is 1. The van der Waals surface area contributed by atoms with Gasteiger partial charge in [-0.1, -0.05) is 0 Å². The van der Waals surface area contributed by atoms with Crippen LogP contribution in [0.25, 0.3) is 0 Å². The van der Waals surface area contributed by atoms with Crippen molar-refractivity contribution >= 4 is 5.78 Å². The predicted molar refractivity (Wildman–Crippen MR) is 52.8 cm³/mol. The fraction of sp³-hybridized carbons (Fsp3) is 0.273. The van der Waals surface area contributed by atoms with Crippen LogP contribution >= 0.6 is 0 Å². The second kappa shape index (κ2) is 5.49. The number of rotatable bonds is 4. The van der Waals surface area contributed by atoms with E-state index in [2.05, 4.69) is 4.74 Å². The number of ketones is 1. The van der Waals surface area contributed by atoms with E-state index in [0.717, 1.165) is 13.0 Å². The maximum Gasteiger partial charge on any atom is 0.387 e. The van der Waals surface area contributed by atoms with Gasteiger partial charge < -0.3 is 4.74 Å². The van der Waals surface area contributed by atoms with Crippen LogP contribution in [0, 0.1) is 11.3 Å². The minimum absolute atomic E-state index is 0.386. The quantitative estimate of drug-likeness (QED) is 0.617. The lowest BCUT2D eigenvalue weighted by molar-refractivity contribution is -0.0502. The molecule has 1 aromatic rings. The Bertz CT molecular complexity index is 509. The van der Waals surface area contributed by atoms with Crippen LogP contribution in [0.2, 0.25) is 0 Å². The van der Waals surface area contributed by atoms with E-state index in [9.17, 15) is 22.4 Å². The zero-order chi connectivity index (χ0) is 13.9. The molecule has 7 heteroatoms. The molecule has 0 saturated heterocycles. The highest BCUT2D eigenvalue weighted by Gasteiger charge is 2.21. The zero-order valence-corrected chi connectivity index (χ0v) is 9.08. The van der Waals surface area contributed by atoms with Gasteiger partial charge in [0.1, 0.15) is 11.8 Å². The number of hydrogen-bond acceptors (Lipinski definition) is 3. The normalized spacial score (nSPS) is 10.6. The number of alkyl halides is 4. The highest BCUT2D eigenvalue weighted by atomic mass is 19.3. The van der Waals surface area contributed by atoms with E-state index < -0.39 is 35.7 Å². The number of halogens is 4. The molecule has 0 aromatic heterocycles. The fourth-order valence-electron chi connectivity index (χ4n) is 1.36. The minimum atomic E-state index is -3.24. The molecule has 0 atom stereocenters. The summed E-state index contributed by atoms with van der Waals surface area (Å²) in [5, 5.41) is 8.69. The summed E-state index contributed by atoms with van der Waals surface area (Å²) in [7, 11) is 0. The lowest BCUT2D eigenvalue weighted by Crippen LogP contribution is -2.07. The van der Waals surface area contributed by atoms with Gasteiger partial charge in [-0.05, 0) is 19.1 Å². The van der Waals surface area contributed by atoms with Crippen LogP contribution in [-0.2, 0) is 0 Å². The molecule has 0 saturated carbocycles. The highest BCUT2D eigenvalue weighted by molar-refractivity contribution is 5.96. The zero-order valence-electron chi connectivity index (χ0n) is 9.08. The van der Waals surface area contributed by atoms with Crippen molar-refractivity contribution < 1.29 is 27.1 Å². The van der Waals surface area contributed by atoms with Gasteiger partial charge in [0.2, 0.25) is 0 Å². The van der Waals surface area contributed by atoms with E-state index >= 15 is 0 Å². The van der Waals surface area contributed by atoms with Crippen molar-refractivity contribution in [3.8, 4) is 11.8 Å². The SMILES string of the molecule is CC(=O)c1cc(C#N)c(OC(F)F)cc1C(F)F. The fourth-order valence-corrected chi connectivity index (χ4v) is 1.36. The number of ether oxygens (including phenoxy) is 1. The Morgan fingerprint density at radius 1 is 1.33 bits per heavy atom. The van der Waals surface area contributed by atoms with Crippen molar-refractivity contribution in [2.45, 2.75) is 20.0 Å². The summed E-state index contributed by atoms with van der Waals surface area (Å²) < 4.78 is 53.4. The first-order chi connectivity index (χ1) is 8.36. The van der Waals surface area contributed by atoms with E-state index in [1.165, 1.54) is 6.07 Å². The van der Waals surface area contributed by atoms with E-state index in [4.69, 9.17) is 5.26 Å². The molecule has 0 bridgehead atoms. The van der Waals surface area contributed by atoms with Gasteiger partial charge in [-0.2, -0.15) is 14.0 Å². The molecule has 0 aliphatic rings. The molecule has 3 nitrogen and oxygen atoms in total. The Labute approximate surface area is 99.6 Å². The van der Waals surface area contributed by atoms with Crippen LogP contribution in [-0.4, -0.2) is 12.4 Å². The van der Waals surface area contributed by atoms with Crippen LogP contribution in [0.15, 0.2) is 12.1 Å². The average Bonchev–Trinajstić information content (AvgIpc) is 2.27. The molecule has 0 unspecified atom stereocenters. The monoisotopic (exact) mass is 261 g/mol. The Hall–Kier alpha value is -2.10. The predicted octanol–water partition coefficient (Wildman–Crippen LogP) is 3.30. The van der Waals surface area contributed by atoms with Gasteiger partial charge in [-0.15, -0.1) is 0 Å². The molecule has 18 heavy (non-hydrogen) atoms. The number of benzene rings is 1. The highest BCUT2D eigenvalue weighted by Crippen LogP contribution is 2.31. The molecule has 0 radical (unpaired) electrons. The molecule has 1 aromatic carbocycles. The third-order valence-electron chi connectivity index (χ3n) is 2.10. The van der Waals surface area contributed by atoms with Crippen molar-refractivity contribution in [3.05, 3.63) is 28.8 Å². The number of nitriles is 1. The Morgan fingerprint density at radius 3 is 2.33 bits per heavy atom. The molecule has 96 valence electrons. The molecule has 0 spiro atoms. The second-order valence-corrected chi connectivity index (χ2v) is 3.28. The van der Waals surface area contributed by atoms with Gasteiger partial charge >= 0.3 is 6.61 Å². The first kappa shape index (κ1) is 14.0. The van der Waals surface area contributed by atoms with E-state index in [-0.39, 0.29) is 5.56 Å². The summed E-state index contributed by atoms with van der Waals surface area (Å²) in [5.41, 5.74) is -1.52. The molecule has 0 heterocycles. The van der Waals surface area contributed by atoms with Crippen LogP contribution < -0.4 is 4.74 Å². The van der Waals surface area contributed by atoms with Gasteiger partial charge in [-0.25, -0.2) is 8.78 Å². The summed E-state index contributed by atoms with van der Waals surface area (Å²) in [4.78, 5) is 11.1. The Kier molecular flexibility index (Phi) is 4.26. The minimum Gasteiger partial charge on any atom is -0.433 e. The molecular weight excluding hydrogens is 254 g/mol. The van der Waals surface area contributed by atoms with Gasteiger partial charge in [0.05, 0.1) is 5.56 Å². The molecule has 1 rings (SSSR count). The molecule has 0 aliphatic carbocycles. The molecule has 0 amide bonds. The van der Waals surface area contributed by atoms with Crippen LogP contribution in [0.4, 0.5) is 17.6 Å². The summed E-state index contributed by atoms with van der Waals surface area (Å²) >= 11 is 0. The molecule has 0 aliphatic heterocycles. The average molecular weight is 261 g/mol. The van der Waals surface area contributed by atoms with Gasteiger partial charge in [-0.3, -0.25) is 4.79 Å². The van der Waals surface area contributed by atoms with Crippen LogP contribution in [0.1, 0.15) is 34.8 Å². The van der Waals surface area contributed by atoms with Gasteiger partial charge in [0.25, 0.3) is 6.43 Å². The third-order valence-corrected chi connectivity index (χ3v) is 2.10. The standard InChI is InChI=1S/C11H7F4NO2/c1-5(17)7-2-6(4-16)9(18-11(14)15)3-8(7)10(12)13/h2-3,10-11H,1H3. The first-order valence-electron chi connectivity index (χ1n) is 4.68. The van der Waals surface area contributed by atoms with Gasteiger partial charge in [0.15, 0.2) is 5.78 Å². The first-order valence-corrected chi connectivity index (χ1v) is 4.68. The number of nitrogens with zero attached hydrogens (tertiary/aromatic N) is 1. The smallest absolute Gasteiger partial charge is 0.387 e. The summed E-state index contributed by atoms with van der Waals surface area (Å²) in [6, 6.07) is 2.92. The van der Waals surface area contributed by atoms with E-state index in [1.54, 1.807) is 0 Å². The van der Waals surface area contributed by atoms with Crippen molar-refractivity contribution in [2.75, 3.05) is 0 Å². The molecule has 0 N–H and O–H groups in total. The number of carbonyl (C=O) groups excluding carboxylic acids is 1. The van der Waals surface area contributed by atoms with Crippen molar-refractivity contribution in [1.82, 2.24) is 0 Å². The van der Waals surface area contributed by atoms with Gasteiger partial charge in [0, 0.05) is 11.1 Å². The maximum atomic E-state index is 12.7. The van der Waals surface area contributed by atoms with Crippen LogP contribution in [0.5, 0.6) is 5.75 Å². The molecular formula is C11H7F4NO2. The lowest BCUT2D eigenvalue weighted by atomic mass is 10.0. The Morgan fingerprint density at radius 2 is 1.94 bits per heavy atom. The third kappa shape index (κ3) is 2.97. The second-order valence-electron chi connectivity index (χ2n) is 3.28. The van der Waals surface area contributed by atoms with Crippen molar-refractivity contribution in [2.24, 2.45) is 0 Å². The largest absolute Gasteiger partial charge is 0.433 e. The number of Topliss-reactive ketones (excluding diaryl/α,β-unsaturated/α-hetero) is 1. The number of hydrogen-bond donors (Lipinski definition) is 0. The maximum absolute atomic E-state index is 12.7. The van der Waals surface area contributed by atoms with Crippen LogP contribution in [0.3, 0.4) is 0 Å². The topological polar surface area (TPSA) is 50.1 Å². The lowest BCUT2D eigenvalue weighted by Gasteiger charge is -2.11. The van der Waals surface area contributed by atoms with E-state index in [1.807, 2.05) is 0 Å². The Balaban J connectivity index is 3.42. The van der Waals surface area contributed by atoms with E-state index in [0.29, 0.717) is 6.07 Å².